The molecule has 0 saturated heterocycles. The Labute approximate surface area is 101 Å². The molecule has 0 atom stereocenters. The second-order valence-corrected chi connectivity index (χ2v) is 4.62. The van der Waals surface area contributed by atoms with Crippen molar-refractivity contribution in [2.75, 3.05) is 19.5 Å². The van der Waals surface area contributed by atoms with Crippen LogP contribution in [0.3, 0.4) is 0 Å². The van der Waals surface area contributed by atoms with Crippen molar-refractivity contribution in [3.8, 4) is 5.88 Å². The van der Waals surface area contributed by atoms with Gasteiger partial charge >= 0.3 is 5.97 Å². The number of carbonyl (C=O) groups excluding carboxylic acids is 1. The first-order chi connectivity index (χ1) is 7.87. The third kappa shape index (κ3) is 3.62. The number of hydrogen-bond acceptors (Lipinski definition) is 5. The minimum Gasteiger partial charge on any atom is -0.481 e. The standard InChI is InChI=1S/C12H18N2O3/c1-12(2,3)14-10-8(11(15)17-5)6-7-9(13-10)16-4/h6-7H,1-5H3,(H,13,14). The third-order valence-electron chi connectivity index (χ3n) is 1.98. The van der Waals surface area contributed by atoms with Crippen LogP contribution in [0.5, 0.6) is 5.88 Å². The maximum Gasteiger partial charge on any atom is 0.341 e. The predicted molar refractivity (Wildman–Crippen MR) is 65.5 cm³/mol. The van der Waals surface area contributed by atoms with E-state index in [9.17, 15) is 4.79 Å². The summed E-state index contributed by atoms with van der Waals surface area (Å²) in [5, 5.41) is 3.15. The summed E-state index contributed by atoms with van der Waals surface area (Å²) in [7, 11) is 2.87. The van der Waals surface area contributed by atoms with Gasteiger partial charge in [0.2, 0.25) is 5.88 Å². The number of nitrogens with zero attached hydrogens (tertiary/aromatic N) is 1. The number of ether oxygens (including phenoxy) is 2. The highest BCUT2D eigenvalue weighted by atomic mass is 16.5. The van der Waals surface area contributed by atoms with Crippen LogP contribution in [-0.2, 0) is 4.74 Å². The van der Waals surface area contributed by atoms with E-state index in [4.69, 9.17) is 9.47 Å². The van der Waals surface area contributed by atoms with Crippen LogP contribution in [0.4, 0.5) is 5.82 Å². The monoisotopic (exact) mass is 238 g/mol. The van der Waals surface area contributed by atoms with Crippen LogP contribution >= 0.6 is 0 Å². The summed E-state index contributed by atoms with van der Waals surface area (Å²) < 4.78 is 9.74. The zero-order chi connectivity index (χ0) is 13.1. The average molecular weight is 238 g/mol. The molecular formula is C12H18N2O3. The van der Waals surface area contributed by atoms with Crippen LogP contribution in [0.15, 0.2) is 12.1 Å². The Morgan fingerprint density at radius 2 is 1.94 bits per heavy atom. The predicted octanol–water partition coefficient (Wildman–Crippen LogP) is 2.09. The lowest BCUT2D eigenvalue weighted by Crippen LogP contribution is -2.28. The second kappa shape index (κ2) is 5.03. The minimum atomic E-state index is -0.424. The summed E-state index contributed by atoms with van der Waals surface area (Å²) in [6.45, 7) is 5.94. The zero-order valence-corrected chi connectivity index (χ0v) is 10.8. The first-order valence-corrected chi connectivity index (χ1v) is 5.29. The minimum absolute atomic E-state index is 0.206. The van der Waals surface area contributed by atoms with Crippen LogP contribution in [-0.4, -0.2) is 30.7 Å². The summed E-state index contributed by atoms with van der Waals surface area (Å²) in [4.78, 5) is 15.8. The zero-order valence-electron chi connectivity index (χ0n) is 10.8. The Morgan fingerprint density at radius 3 is 2.41 bits per heavy atom. The first kappa shape index (κ1) is 13.3. The number of pyridine rings is 1. The van der Waals surface area contributed by atoms with Gasteiger partial charge in [0.15, 0.2) is 0 Å². The van der Waals surface area contributed by atoms with Gasteiger partial charge in [0.25, 0.3) is 0 Å². The fourth-order valence-corrected chi connectivity index (χ4v) is 1.28. The van der Waals surface area contributed by atoms with E-state index in [1.54, 1.807) is 12.1 Å². The van der Waals surface area contributed by atoms with E-state index in [1.165, 1.54) is 14.2 Å². The van der Waals surface area contributed by atoms with Crippen molar-refractivity contribution in [1.82, 2.24) is 4.98 Å². The highest BCUT2D eigenvalue weighted by molar-refractivity contribution is 5.94. The molecule has 0 spiro atoms. The van der Waals surface area contributed by atoms with Crippen molar-refractivity contribution in [3.63, 3.8) is 0 Å². The maximum absolute atomic E-state index is 11.6. The summed E-state index contributed by atoms with van der Waals surface area (Å²) in [5.74, 6) is 0.486. The van der Waals surface area contributed by atoms with Gasteiger partial charge < -0.3 is 14.8 Å². The van der Waals surface area contributed by atoms with Gasteiger partial charge in [-0.25, -0.2) is 4.79 Å². The Kier molecular flexibility index (Phi) is 3.93. The van der Waals surface area contributed by atoms with E-state index in [1.807, 2.05) is 20.8 Å². The normalized spacial score (nSPS) is 10.9. The van der Waals surface area contributed by atoms with Crippen LogP contribution in [0.25, 0.3) is 0 Å². The van der Waals surface area contributed by atoms with Crippen LogP contribution < -0.4 is 10.1 Å². The van der Waals surface area contributed by atoms with Crippen molar-refractivity contribution in [1.29, 1.82) is 0 Å². The summed E-state index contributed by atoms with van der Waals surface area (Å²) >= 11 is 0. The van der Waals surface area contributed by atoms with Crippen LogP contribution in [0.1, 0.15) is 31.1 Å². The summed E-state index contributed by atoms with van der Waals surface area (Å²) in [6.07, 6.45) is 0. The number of nitrogens with one attached hydrogen (secondary N) is 1. The smallest absolute Gasteiger partial charge is 0.341 e. The van der Waals surface area contributed by atoms with Crippen molar-refractivity contribution in [2.45, 2.75) is 26.3 Å². The van der Waals surface area contributed by atoms with E-state index in [0.717, 1.165) is 0 Å². The molecule has 0 radical (unpaired) electrons. The van der Waals surface area contributed by atoms with Gasteiger partial charge in [0, 0.05) is 11.6 Å². The first-order valence-electron chi connectivity index (χ1n) is 5.29. The molecule has 0 aliphatic carbocycles. The van der Waals surface area contributed by atoms with Crippen molar-refractivity contribution in [2.24, 2.45) is 0 Å². The Hall–Kier alpha value is -1.78. The van der Waals surface area contributed by atoms with Crippen molar-refractivity contribution >= 4 is 11.8 Å². The molecule has 1 heterocycles. The lowest BCUT2D eigenvalue weighted by Gasteiger charge is -2.22. The summed E-state index contributed by atoms with van der Waals surface area (Å²) in [5.41, 5.74) is 0.186. The van der Waals surface area contributed by atoms with E-state index in [0.29, 0.717) is 17.3 Å². The van der Waals surface area contributed by atoms with Crippen LogP contribution in [0.2, 0.25) is 0 Å². The highest BCUT2D eigenvalue weighted by Crippen LogP contribution is 2.21. The molecule has 0 amide bonds. The van der Waals surface area contributed by atoms with E-state index in [-0.39, 0.29) is 5.54 Å². The van der Waals surface area contributed by atoms with Crippen LogP contribution in [0, 0.1) is 0 Å². The molecule has 0 aliphatic rings. The molecule has 5 heteroatoms. The van der Waals surface area contributed by atoms with Gasteiger partial charge in [-0.2, -0.15) is 4.98 Å². The van der Waals surface area contributed by atoms with Crippen molar-refractivity contribution < 1.29 is 14.3 Å². The molecule has 94 valence electrons. The topological polar surface area (TPSA) is 60.5 Å². The molecule has 17 heavy (non-hydrogen) atoms. The van der Waals surface area contributed by atoms with Gasteiger partial charge in [-0.1, -0.05) is 0 Å². The number of esters is 1. The molecule has 1 aromatic heterocycles. The molecule has 0 bridgehead atoms. The number of aromatic nitrogens is 1. The highest BCUT2D eigenvalue weighted by Gasteiger charge is 2.18. The molecule has 1 aromatic rings. The molecule has 0 unspecified atom stereocenters. The Balaban J connectivity index is 3.16. The number of anilines is 1. The fraction of sp³-hybridized carbons (Fsp3) is 0.500. The molecule has 0 saturated carbocycles. The summed E-state index contributed by atoms with van der Waals surface area (Å²) in [6, 6.07) is 3.26. The lowest BCUT2D eigenvalue weighted by molar-refractivity contribution is 0.0601. The molecule has 0 aromatic carbocycles. The van der Waals surface area contributed by atoms with Gasteiger partial charge in [-0.05, 0) is 26.8 Å². The van der Waals surface area contributed by atoms with Gasteiger partial charge in [0.1, 0.15) is 11.4 Å². The molecular weight excluding hydrogens is 220 g/mol. The second-order valence-electron chi connectivity index (χ2n) is 4.62. The molecule has 0 fully saturated rings. The molecule has 5 nitrogen and oxygen atoms in total. The lowest BCUT2D eigenvalue weighted by atomic mass is 10.1. The third-order valence-corrected chi connectivity index (χ3v) is 1.98. The molecule has 1 rings (SSSR count). The number of methoxy groups -OCH3 is 2. The Morgan fingerprint density at radius 1 is 1.29 bits per heavy atom. The largest absolute Gasteiger partial charge is 0.481 e. The quantitative estimate of drug-likeness (QED) is 0.817. The van der Waals surface area contributed by atoms with E-state index < -0.39 is 5.97 Å². The fourth-order valence-electron chi connectivity index (χ4n) is 1.28. The van der Waals surface area contributed by atoms with E-state index >= 15 is 0 Å². The van der Waals surface area contributed by atoms with Gasteiger partial charge in [-0.3, -0.25) is 0 Å². The SMILES string of the molecule is COC(=O)c1ccc(OC)nc1NC(C)(C)C. The maximum atomic E-state index is 11.6. The number of carbonyl (C=O) groups is 1. The average Bonchev–Trinajstić information content (AvgIpc) is 2.25. The molecule has 0 aliphatic heterocycles. The van der Waals surface area contributed by atoms with Gasteiger partial charge in [0.05, 0.1) is 14.2 Å². The Bertz CT molecular complexity index is 411. The van der Waals surface area contributed by atoms with Crippen molar-refractivity contribution in [3.05, 3.63) is 17.7 Å². The number of hydrogen-bond donors (Lipinski definition) is 1. The van der Waals surface area contributed by atoms with Gasteiger partial charge in [-0.15, -0.1) is 0 Å². The van der Waals surface area contributed by atoms with E-state index in [2.05, 4.69) is 10.3 Å². The molecule has 1 N–H and O–H groups in total. The number of rotatable bonds is 3.